The van der Waals surface area contributed by atoms with Crippen molar-refractivity contribution in [2.75, 3.05) is 19.5 Å². The van der Waals surface area contributed by atoms with E-state index in [9.17, 15) is 9.59 Å². The Labute approximate surface area is 147 Å². The first-order valence-electron chi connectivity index (χ1n) is 7.98. The summed E-state index contributed by atoms with van der Waals surface area (Å²) >= 11 is 0. The number of ketones is 1. The Hall–Kier alpha value is -2.76. The number of nitrogens with one attached hydrogen (secondary N) is 1. The van der Waals surface area contributed by atoms with Crippen LogP contribution in [0.2, 0.25) is 0 Å². The van der Waals surface area contributed by atoms with Crippen LogP contribution in [0.4, 0.5) is 5.69 Å². The van der Waals surface area contributed by atoms with E-state index >= 15 is 0 Å². The summed E-state index contributed by atoms with van der Waals surface area (Å²) in [7, 11) is 3.11. The van der Waals surface area contributed by atoms with Gasteiger partial charge in [-0.25, -0.2) is 0 Å². The number of aryl methyl sites for hydroxylation is 3. The highest BCUT2D eigenvalue weighted by Gasteiger charge is 2.14. The second-order valence-electron chi connectivity index (χ2n) is 5.81. The third kappa shape index (κ3) is 4.41. The highest BCUT2D eigenvalue weighted by atomic mass is 16.5. The van der Waals surface area contributed by atoms with Crippen LogP contribution in [0.25, 0.3) is 0 Å². The average molecular weight is 345 g/mol. The molecule has 0 unspecified atom stereocenters. The molecular weight excluding hydrogens is 322 g/mol. The molecule has 134 valence electrons. The molecule has 0 spiro atoms. The molecule has 0 aliphatic heterocycles. The standard InChI is InChI=1S/C19H23NO5/c1-11-8-17(23-4)18(24-5)10-16(11)20-19(22)7-6-14-9-15(12(2)21)13(3)25-14/h8-10H,6-7H2,1-5H3,(H,20,22). The summed E-state index contributed by atoms with van der Waals surface area (Å²) in [5, 5.41) is 2.87. The van der Waals surface area contributed by atoms with Gasteiger partial charge in [-0.3, -0.25) is 9.59 Å². The van der Waals surface area contributed by atoms with Gasteiger partial charge < -0.3 is 19.2 Å². The molecule has 2 rings (SSSR count). The molecule has 25 heavy (non-hydrogen) atoms. The van der Waals surface area contributed by atoms with Crippen molar-refractivity contribution in [3.63, 3.8) is 0 Å². The second-order valence-corrected chi connectivity index (χ2v) is 5.81. The summed E-state index contributed by atoms with van der Waals surface area (Å²) in [6.45, 7) is 5.12. The first kappa shape index (κ1) is 18.6. The zero-order chi connectivity index (χ0) is 18.6. The third-order valence-electron chi connectivity index (χ3n) is 3.95. The number of amides is 1. The number of carbonyl (C=O) groups is 2. The Morgan fingerprint density at radius 2 is 1.72 bits per heavy atom. The Morgan fingerprint density at radius 3 is 2.28 bits per heavy atom. The van der Waals surface area contributed by atoms with E-state index in [1.807, 2.05) is 13.0 Å². The fourth-order valence-corrected chi connectivity index (χ4v) is 2.58. The van der Waals surface area contributed by atoms with Crippen LogP contribution in [-0.2, 0) is 11.2 Å². The van der Waals surface area contributed by atoms with Gasteiger partial charge in [-0.2, -0.15) is 0 Å². The van der Waals surface area contributed by atoms with Crippen LogP contribution in [-0.4, -0.2) is 25.9 Å². The Kier molecular flexibility index (Phi) is 5.85. The second kappa shape index (κ2) is 7.88. The zero-order valence-corrected chi connectivity index (χ0v) is 15.2. The van der Waals surface area contributed by atoms with Crippen molar-refractivity contribution in [3.8, 4) is 11.5 Å². The van der Waals surface area contributed by atoms with E-state index < -0.39 is 0 Å². The van der Waals surface area contributed by atoms with Crippen LogP contribution in [0, 0.1) is 13.8 Å². The minimum absolute atomic E-state index is 0.0436. The Bertz CT molecular complexity index is 791. The van der Waals surface area contributed by atoms with Crippen molar-refractivity contribution in [1.82, 2.24) is 0 Å². The molecule has 0 fully saturated rings. The molecule has 0 atom stereocenters. The van der Waals surface area contributed by atoms with Crippen LogP contribution in [0.15, 0.2) is 22.6 Å². The van der Waals surface area contributed by atoms with Crippen LogP contribution < -0.4 is 14.8 Å². The predicted octanol–water partition coefficient (Wildman–Crippen LogP) is 3.69. The number of hydrogen-bond acceptors (Lipinski definition) is 5. The molecule has 0 saturated carbocycles. The highest BCUT2D eigenvalue weighted by Crippen LogP contribution is 2.33. The number of furan rings is 1. The molecule has 0 aliphatic carbocycles. The highest BCUT2D eigenvalue weighted by molar-refractivity contribution is 5.95. The van der Waals surface area contributed by atoms with Gasteiger partial charge in [-0.1, -0.05) is 0 Å². The molecule has 1 amide bonds. The monoisotopic (exact) mass is 345 g/mol. The minimum atomic E-state index is -0.145. The first-order chi connectivity index (χ1) is 11.8. The number of carbonyl (C=O) groups excluding carboxylic acids is 2. The number of Topliss-reactive ketones (excluding diaryl/α,β-unsaturated/α-hetero) is 1. The van der Waals surface area contributed by atoms with Crippen molar-refractivity contribution in [2.45, 2.75) is 33.6 Å². The fourth-order valence-electron chi connectivity index (χ4n) is 2.58. The van der Waals surface area contributed by atoms with Crippen molar-refractivity contribution in [3.05, 3.63) is 40.8 Å². The van der Waals surface area contributed by atoms with Crippen molar-refractivity contribution in [2.24, 2.45) is 0 Å². The number of ether oxygens (including phenoxy) is 2. The molecule has 6 nitrogen and oxygen atoms in total. The first-order valence-corrected chi connectivity index (χ1v) is 7.98. The number of rotatable bonds is 7. The quantitative estimate of drug-likeness (QED) is 0.775. The van der Waals surface area contributed by atoms with E-state index in [-0.39, 0.29) is 18.1 Å². The maximum atomic E-state index is 12.2. The molecule has 0 radical (unpaired) electrons. The molecule has 6 heteroatoms. The maximum Gasteiger partial charge on any atom is 0.224 e. The number of methoxy groups -OCH3 is 2. The summed E-state index contributed by atoms with van der Waals surface area (Å²) in [4.78, 5) is 23.7. The summed E-state index contributed by atoms with van der Waals surface area (Å²) in [6, 6.07) is 5.24. The van der Waals surface area contributed by atoms with Gasteiger partial charge in [0, 0.05) is 24.6 Å². The van der Waals surface area contributed by atoms with Crippen molar-refractivity contribution in [1.29, 1.82) is 0 Å². The molecule has 0 saturated heterocycles. The van der Waals surface area contributed by atoms with Gasteiger partial charge in [0.05, 0.1) is 19.8 Å². The molecule has 1 aromatic carbocycles. The summed E-state index contributed by atoms with van der Waals surface area (Å²) in [6.07, 6.45) is 0.671. The van der Waals surface area contributed by atoms with Gasteiger partial charge in [0.25, 0.3) is 0 Å². The van der Waals surface area contributed by atoms with Gasteiger partial charge in [0.2, 0.25) is 5.91 Å². The Morgan fingerprint density at radius 1 is 1.08 bits per heavy atom. The lowest BCUT2D eigenvalue weighted by molar-refractivity contribution is -0.116. The van der Waals surface area contributed by atoms with Gasteiger partial charge in [-0.15, -0.1) is 0 Å². The smallest absolute Gasteiger partial charge is 0.224 e. The van der Waals surface area contributed by atoms with Gasteiger partial charge in [0.15, 0.2) is 17.3 Å². The SMILES string of the molecule is COc1cc(C)c(NC(=O)CCc2cc(C(C)=O)c(C)o2)cc1OC. The van der Waals surface area contributed by atoms with Gasteiger partial charge in [0.1, 0.15) is 11.5 Å². The lowest BCUT2D eigenvalue weighted by Gasteiger charge is -2.13. The average Bonchev–Trinajstić information content (AvgIpc) is 2.95. The summed E-state index contributed by atoms with van der Waals surface area (Å²) < 4.78 is 16.0. The molecule has 1 aromatic heterocycles. The topological polar surface area (TPSA) is 77.8 Å². The molecular formula is C19H23NO5. The normalized spacial score (nSPS) is 10.4. The number of benzene rings is 1. The largest absolute Gasteiger partial charge is 0.493 e. The summed E-state index contributed by atoms with van der Waals surface area (Å²) in [5.41, 5.74) is 2.10. The predicted molar refractivity (Wildman–Crippen MR) is 94.7 cm³/mol. The van der Waals surface area contributed by atoms with E-state index in [2.05, 4.69) is 5.32 Å². The minimum Gasteiger partial charge on any atom is -0.493 e. The van der Waals surface area contributed by atoms with E-state index in [0.29, 0.717) is 40.7 Å². The van der Waals surface area contributed by atoms with E-state index in [1.165, 1.54) is 6.92 Å². The van der Waals surface area contributed by atoms with Crippen LogP contribution in [0.3, 0.4) is 0 Å². The molecule has 1 N–H and O–H groups in total. The maximum absolute atomic E-state index is 12.2. The molecule has 0 bridgehead atoms. The van der Waals surface area contributed by atoms with Crippen molar-refractivity contribution >= 4 is 17.4 Å². The van der Waals surface area contributed by atoms with Crippen LogP contribution >= 0.6 is 0 Å². The van der Waals surface area contributed by atoms with E-state index in [4.69, 9.17) is 13.9 Å². The van der Waals surface area contributed by atoms with Crippen molar-refractivity contribution < 1.29 is 23.5 Å². The fraction of sp³-hybridized carbons (Fsp3) is 0.368. The van der Waals surface area contributed by atoms with Gasteiger partial charge >= 0.3 is 0 Å². The summed E-state index contributed by atoms with van der Waals surface area (Å²) in [5.74, 6) is 2.18. The van der Waals surface area contributed by atoms with Crippen LogP contribution in [0.5, 0.6) is 11.5 Å². The number of hydrogen-bond donors (Lipinski definition) is 1. The lowest BCUT2D eigenvalue weighted by Crippen LogP contribution is -2.13. The van der Waals surface area contributed by atoms with Crippen LogP contribution in [0.1, 0.15) is 40.8 Å². The Balaban J connectivity index is 2.03. The molecule has 2 aromatic rings. The van der Waals surface area contributed by atoms with E-state index in [1.54, 1.807) is 33.3 Å². The number of anilines is 1. The molecule has 1 heterocycles. The lowest BCUT2D eigenvalue weighted by atomic mass is 10.1. The zero-order valence-electron chi connectivity index (χ0n) is 15.2. The van der Waals surface area contributed by atoms with E-state index in [0.717, 1.165) is 5.56 Å². The van der Waals surface area contributed by atoms with Gasteiger partial charge in [-0.05, 0) is 38.5 Å². The molecule has 0 aliphatic rings. The third-order valence-corrected chi connectivity index (χ3v) is 3.95.